The van der Waals surface area contributed by atoms with Gasteiger partial charge in [0.15, 0.2) is 5.78 Å². The van der Waals surface area contributed by atoms with Crippen molar-refractivity contribution in [2.24, 2.45) is 34.5 Å². The van der Waals surface area contributed by atoms with E-state index in [1.54, 1.807) is 0 Å². The van der Waals surface area contributed by atoms with E-state index in [-0.39, 0.29) is 17.4 Å². The van der Waals surface area contributed by atoms with Crippen LogP contribution in [0.5, 0.6) is 0 Å². The van der Waals surface area contributed by atoms with E-state index < -0.39 is 33.8 Å². The molecule has 166 valence electrons. The zero-order valence-electron chi connectivity index (χ0n) is 17.3. The number of aliphatic hydroxyl groups excluding tert-OH is 1. The highest BCUT2D eigenvalue weighted by atomic mass is 32.3. The molecular formula is C21H34O7S. The highest BCUT2D eigenvalue weighted by Gasteiger charge is 2.66. The van der Waals surface area contributed by atoms with Crippen LogP contribution in [-0.4, -0.2) is 47.3 Å². The SMILES string of the molecule is C[C@]12CC[C@@H](O)C[C@H]1CC[C@@H]1[C@@H]2CC[C@@]2(C)[C@H]1CC[C@]2(O)C(=O)COS(=O)(=O)O. The van der Waals surface area contributed by atoms with Crippen LogP contribution in [0.25, 0.3) is 0 Å². The van der Waals surface area contributed by atoms with E-state index >= 15 is 0 Å². The van der Waals surface area contributed by atoms with Gasteiger partial charge in [-0.25, -0.2) is 4.18 Å². The Kier molecular flexibility index (Phi) is 5.22. The number of aliphatic hydroxyl groups is 2. The van der Waals surface area contributed by atoms with Crippen LogP contribution in [-0.2, 0) is 19.4 Å². The molecule has 4 aliphatic rings. The number of Topliss-reactive ketones (excluding diaryl/α,β-unsaturated/α-hetero) is 1. The Hall–Kier alpha value is -0.540. The standard InChI is InChI=1S/C21H34O7S/c1-19-8-5-14(22)11-13(19)3-4-15-16(19)6-9-20(2)17(15)7-10-21(20,24)18(23)12-28-29(25,26)27/h13-17,22,24H,3-12H2,1-2H3,(H,25,26,27)/t13-,14-,15-,16+,17+,19+,20+,21+/m1/s1. The largest absolute Gasteiger partial charge is 0.397 e. The smallest absolute Gasteiger partial charge is 0.393 e. The summed E-state index contributed by atoms with van der Waals surface area (Å²) in [6.07, 6.45) is 7.45. The Bertz CT molecular complexity index is 782. The van der Waals surface area contributed by atoms with Crippen LogP contribution < -0.4 is 0 Å². The van der Waals surface area contributed by atoms with E-state index in [2.05, 4.69) is 11.1 Å². The van der Waals surface area contributed by atoms with Crippen molar-refractivity contribution in [3.63, 3.8) is 0 Å². The number of fused-ring (bicyclic) bond motifs is 5. The third kappa shape index (κ3) is 3.30. The first kappa shape index (κ1) is 21.7. The summed E-state index contributed by atoms with van der Waals surface area (Å²) in [6.45, 7) is 3.53. The van der Waals surface area contributed by atoms with Gasteiger partial charge in [0.25, 0.3) is 0 Å². The zero-order valence-corrected chi connectivity index (χ0v) is 18.2. The van der Waals surface area contributed by atoms with Gasteiger partial charge in [-0.3, -0.25) is 9.35 Å². The molecule has 4 aliphatic carbocycles. The Morgan fingerprint density at radius 2 is 1.72 bits per heavy atom. The van der Waals surface area contributed by atoms with Crippen LogP contribution >= 0.6 is 0 Å². The molecule has 0 bridgehead atoms. The topological polar surface area (TPSA) is 121 Å². The third-order valence-electron chi connectivity index (χ3n) is 9.59. The molecule has 4 fully saturated rings. The maximum atomic E-state index is 12.8. The molecule has 0 aromatic carbocycles. The lowest BCUT2D eigenvalue weighted by Gasteiger charge is -2.61. The number of hydrogen-bond donors (Lipinski definition) is 3. The fourth-order valence-electron chi connectivity index (χ4n) is 7.96. The van der Waals surface area contributed by atoms with Crippen LogP contribution in [0.3, 0.4) is 0 Å². The molecule has 0 aliphatic heterocycles. The predicted octanol–water partition coefficient (Wildman–Crippen LogP) is 2.51. The van der Waals surface area contributed by atoms with E-state index in [4.69, 9.17) is 4.55 Å². The summed E-state index contributed by atoms with van der Waals surface area (Å²) in [5.74, 6) is 1.08. The minimum Gasteiger partial charge on any atom is -0.393 e. The molecule has 0 amide bonds. The maximum absolute atomic E-state index is 12.8. The molecule has 0 aromatic rings. The van der Waals surface area contributed by atoms with E-state index in [1.807, 2.05) is 6.92 Å². The van der Waals surface area contributed by atoms with E-state index in [1.165, 1.54) is 0 Å². The minimum absolute atomic E-state index is 0.185. The van der Waals surface area contributed by atoms with Crippen molar-refractivity contribution in [1.29, 1.82) is 0 Å². The van der Waals surface area contributed by atoms with Crippen molar-refractivity contribution in [3.05, 3.63) is 0 Å². The number of carbonyl (C=O) groups excluding carboxylic acids is 1. The molecule has 8 heteroatoms. The van der Waals surface area contributed by atoms with Gasteiger partial charge in [-0.2, -0.15) is 8.42 Å². The van der Waals surface area contributed by atoms with E-state index in [0.29, 0.717) is 24.2 Å². The molecule has 8 atom stereocenters. The van der Waals surface area contributed by atoms with E-state index in [9.17, 15) is 23.4 Å². The van der Waals surface area contributed by atoms with Crippen molar-refractivity contribution in [3.8, 4) is 0 Å². The van der Waals surface area contributed by atoms with Gasteiger partial charge in [0.1, 0.15) is 12.2 Å². The second kappa shape index (κ2) is 6.99. The summed E-state index contributed by atoms with van der Waals surface area (Å²) >= 11 is 0. The first-order chi connectivity index (χ1) is 13.4. The number of rotatable bonds is 4. The third-order valence-corrected chi connectivity index (χ3v) is 10.0. The average Bonchev–Trinajstić information content (AvgIpc) is 2.92. The molecule has 29 heavy (non-hydrogen) atoms. The summed E-state index contributed by atoms with van der Waals surface area (Å²) < 4.78 is 34.8. The summed E-state index contributed by atoms with van der Waals surface area (Å²) in [5, 5.41) is 21.5. The Labute approximate surface area is 173 Å². The van der Waals surface area contributed by atoms with Crippen molar-refractivity contribution < 1.29 is 32.2 Å². The molecule has 0 unspecified atom stereocenters. The Balaban J connectivity index is 1.56. The summed E-state index contributed by atoms with van der Waals surface area (Å²) in [6, 6.07) is 0. The second-order valence-corrected chi connectivity index (χ2v) is 11.6. The quantitative estimate of drug-likeness (QED) is 0.586. The van der Waals surface area contributed by atoms with Gasteiger partial charge in [-0.1, -0.05) is 13.8 Å². The summed E-state index contributed by atoms with van der Waals surface area (Å²) in [7, 11) is -4.72. The van der Waals surface area contributed by atoms with Crippen LogP contribution in [0, 0.1) is 34.5 Å². The number of ketones is 1. The fourth-order valence-corrected chi connectivity index (χ4v) is 8.21. The summed E-state index contributed by atoms with van der Waals surface area (Å²) in [5.41, 5.74) is -2.01. The monoisotopic (exact) mass is 430 g/mol. The minimum atomic E-state index is -4.72. The molecule has 0 radical (unpaired) electrons. The number of carbonyl (C=O) groups is 1. The molecule has 0 spiro atoms. The van der Waals surface area contributed by atoms with Crippen molar-refractivity contribution in [2.45, 2.75) is 83.3 Å². The lowest BCUT2D eigenvalue weighted by molar-refractivity contribution is -0.173. The van der Waals surface area contributed by atoms with Gasteiger partial charge in [-0.15, -0.1) is 0 Å². The second-order valence-electron chi connectivity index (χ2n) is 10.6. The molecule has 3 N–H and O–H groups in total. The zero-order chi connectivity index (χ0) is 21.2. The van der Waals surface area contributed by atoms with E-state index in [0.717, 1.165) is 51.4 Å². The molecule has 4 rings (SSSR count). The van der Waals surface area contributed by atoms with Gasteiger partial charge >= 0.3 is 10.4 Å². The highest BCUT2D eigenvalue weighted by Crippen LogP contribution is 2.68. The maximum Gasteiger partial charge on any atom is 0.397 e. The van der Waals surface area contributed by atoms with Crippen molar-refractivity contribution in [2.75, 3.05) is 6.61 Å². The lowest BCUT2D eigenvalue weighted by Crippen LogP contribution is -2.59. The Morgan fingerprint density at radius 1 is 1.03 bits per heavy atom. The number of hydrogen-bond acceptors (Lipinski definition) is 6. The molecule has 7 nitrogen and oxygen atoms in total. The van der Waals surface area contributed by atoms with Crippen LogP contribution in [0.2, 0.25) is 0 Å². The van der Waals surface area contributed by atoms with Gasteiger partial charge in [-0.05, 0) is 86.9 Å². The van der Waals surface area contributed by atoms with Gasteiger partial charge in [0, 0.05) is 5.41 Å². The molecular weight excluding hydrogens is 396 g/mol. The summed E-state index contributed by atoms with van der Waals surface area (Å²) in [4.78, 5) is 12.8. The van der Waals surface area contributed by atoms with Crippen molar-refractivity contribution >= 4 is 16.2 Å². The molecule has 0 heterocycles. The lowest BCUT2D eigenvalue weighted by atomic mass is 9.44. The van der Waals surface area contributed by atoms with Crippen LogP contribution in [0.4, 0.5) is 0 Å². The first-order valence-electron chi connectivity index (χ1n) is 11.0. The average molecular weight is 431 g/mol. The van der Waals surface area contributed by atoms with Gasteiger partial charge < -0.3 is 10.2 Å². The fraction of sp³-hybridized carbons (Fsp3) is 0.952. The van der Waals surface area contributed by atoms with Crippen LogP contribution in [0.1, 0.15) is 71.6 Å². The molecule has 4 saturated carbocycles. The molecule has 0 aromatic heterocycles. The van der Waals surface area contributed by atoms with Gasteiger partial charge in [0.2, 0.25) is 0 Å². The highest BCUT2D eigenvalue weighted by molar-refractivity contribution is 7.80. The Morgan fingerprint density at radius 3 is 2.41 bits per heavy atom. The predicted molar refractivity (Wildman–Crippen MR) is 105 cm³/mol. The first-order valence-corrected chi connectivity index (χ1v) is 12.3. The molecule has 0 saturated heterocycles. The van der Waals surface area contributed by atoms with Gasteiger partial charge in [0.05, 0.1) is 6.10 Å². The van der Waals surface area contributed by atoms with Crippen molar-refractivity contribution in [1.82, 2.24) is 0 Å². The van der Waals surface area contributed by atoms with Crippen LogP contribution in [0.15, 0.2) is 0 Å². The normalized spacial score (nSPS) is 49.8.